The van der Waals surface area contributed by atoms with E-state index >= 15 is 0 Å². The van der Waals surface area contributed by atoms with Crippen molar-refractivity contribution in [1.82, 2.24) is 15.1 Å². The zero-order valence-electron chi connectivity index (χ0n) is 15.3. The maximum Gasteiger partial charge on any atom is 1.00 e. The van der Waals surface area contributed by atoms with E-state index in [1.807, 2.05) is 0 Å². The maximum atomic E-state index is 11.7. The van der Waals surface area contributed by atoms with Crippen LogP contribution >= 0.6 is 0 Å². The Bertz CT molecular complexity index is 802. The molecule has 2 heterocycles. The number of nitrogens with zero attached hydrogens (tertiary/aromatic N) is 3. The van der Waals surface area contributed by atoms with E-state index in [-0.39, 0.29) is 74.2 Å². The summed E-state index contributed by atoms with van der Waals surface area (Å²) < 4.78 is 4.89. The van der Waals surface area contributed by atoms with Crippen LogP contribution in [0.4, 0.5) is 11.5 Å². The molecule has 0 spiro atoms. The van der Waals surface area contributed by atoms with Gasteiger partial charge in [0.15, 0.2) is 11.5 Å². The van der Waals surface area contributed by atoms with E-state index < -0.39 is 0 Å². The van der Waals surface area contributed by atoms with Crippen molar-refractivity contribution >= 4 is 17.4 Å². The Morgan fingerprint density at radius 2 is 1.85 bits per heavy atom. The largest absolute Gasteiger partial charge is 1.00 e. The van der Waals surface area contributed by atoms with E-state index in [9.17, 15) is 4.79 Å². The molecule has 0 saturated carbocycles. The van der Waals surface area contributed by atoms with E-state index in [0.29, 0.717) is 5.69 Å². The van der Waals surface area contributed by atoms with Crippen LogP contribution in [0.5, 0.6) is 0 Å². The Labute approximate surface area is 195 Å². The summed E-state index contributed by atoms with van der Waals surface area (Å²) >= 11 is 0. The normalized spacial score (nSPS) is 10.1. The minimum Gasteiger partial charge on any atom is -0.470 e. The Morgan fingerprint density at radius 3 is 2.35 bits per heavy atom. The second-order valence-corrected chi connectivity index (χ2v) is 6.10. The SMILES string of the molecule is CC(C)(C)c1c[c-]no1.Nc1nccnc1C(=O)Nc1cc[c-]cc1.[K+]. The molecule has 1 amide bonds. The van der Waals surface area contributed by atoms with E-state index in [1.54, 1.807) is 30.3 Å². The number of aromatic nitrogens is 3. The standard InChI is InChI=1S/C11H9N4O.C7H10NO.K/c12-10-9(13-6-7-14-10)11(16)15-8-4-2-1-3-5-8;1-7(2,3)6-4-5-8-9-6;/h2-7H,(H2,12,14)(H,15,16);4H,1-3H3;/q2*-1;+1. The predicted octanol–water partition coefficient (Wildman–Crippen LogP) is -0.112. The molecule has 0 unspecified atom stereocenters. The summed E-state index contributed by atoms with van der Waals surface area (Å²) in [6.45, 7) is 6.21. The molecule has 0 bridgehead atoms. The monoisotopic (exact) mass is 376 g/mol. The Balaban J connectivity index is 0.000000290. The molecular formula is C18H19KN5O2-. The van der Waals surface area contributed by atoms with Gasteiger partial charge in [-0.3, -0.25) is 4.79 Å². The van der Waals surface area contributed by atoms with Crippen molar-refractivity contribution in [3.05, 3.63) is 66.4 Å². The number of anilines is 2. The molecule has 7 nitrogen and oxygen atoms in total. The minimum absolute atomic E-state index is 0. The molecule has 0 aliphatic carbocycles. The fourth-order valence-electron chi connectivity index (χ4n) is 1.72. The van der Waals surface area contributed by atoms with Gasteiger partial charge < -0.3 is 15.6 Å². The van der Waals surface area contributed by atoms with Gasteiger partial charge >= 0.3 is 51.4 Å². The van der Waals surface area contributed by atoms with E-state index in [1.165, 1.54) is 12.4 Å². The Hall–Kier alpha value is -1.58. The van der Waals surface area contributed by atoms with Gasteiger partial charge in [-0.2, -0.15) is 24.3 Å². The molecule has 3 rings (SSSR count). The van der Waals surface area contributed by atoms with Crippen LogP contribution in [0.25, 0.3) is 0 Å². The van der Waals surface area contributed by atoms with Gasteiger partial charge in [0.2, 0.25) is 0 Å². The van der Waals surface area contributed by atoms with Gasteiger partial charge in [-0.25, -0.2) is 15.1 Å². The van der Waals surface area contributed by atoms with Crippen molar-refractivity contribution < 1.29 is 60.7 Å². The van der Waals surface area contributed by atoms with Gasteiger partial charge in [-0.15, -0.1) is 18.3 Å². The first kappa shape index (κ1) is 22.5. The summed E-state index contributed by atoms with van der Waals surface area (Å²) in [4.78, 5) is 19.4. The van der Waals surface area contributed by atoms with Crippen LogP contribution in [0.15, 0.2) is 47.2 Å². The number of nitrogen functional groups attached to an aromatic ring is 1. The average Bonchev–Trinajstić information content (AvgIpc) is 3.11. The Kier molecular flexibility index (Phi) is 9.10. The van der Waals surface area contributed by atoms with Gasteiger partial charge in [0.25, 0.3) is 5.91 Å². The van der Waals surface area contributed by atoms with E-state index in [0.717, 1.165) is 5.76 Å². The van der Waals surface area contributed by atoms with Crippen LogP contribution < -0.4 is 62.4 Å². The van der Waals surface area contributed by atoms with Crippen molar-refractivity contribution in [3.63, 3.8) is 0 Å². The zero-order chi connectivity index (χ0) is 18.3. The minimum atomic E-state index is -0.378. The van der Waals surface area contributed by atoms with Gasteiger partial charge in [-0.1, -0.05) is 26.5 Å². The molecule has 1 aromatic carbocycles. The third-order valence-electron chi connectivity index (χ3n) is 3.05. The molecule has 0 fully saturated rings. The van der Waals surface area contributed by atoms with Crippen LogP contribution in [-0.2, 0) is 5.41 Å². The summed E-state index contributed by atoms with van der Waals surface area (Å²) in [6.07, 6.45) is 5.47. The first-order valence-corrected chi connectivity index (χ1v) is 7.55. The van der Waals surface area contributed by atoms with Gasteiger partial charge in [0.05, 0.1) is 0 Å². The predicted molar refractivity (Wildman–Crippen MR) is 93.7 cm³/mol. The van der Waals surface area contributed by atoms with Crippen LogP contribution in [-0.4, -0.2) is 21.0 Å². The summed E-state index contributed by atoms with van der Waals surface area (Å²) in [5, 5.41) is 6.15. The van der Waals surface area contributed by atoms with Crippen LogP contribution in [0.3, 0.4) is 0 Å². The van der Waals surface area contributed by atoms with E-state index in [4.69, 9.17) is 10.3 Å². The Morgan fingerprint density at radius 1 is 1.19 bits per heavy atom. The molecular weight excluding hydrogens is 357 g/mol. The number of hydrogen-bond acceptors (Lipinski definition) is 6. The number of amides is 1. The smallest absolute Gasteiger partial charge is 0.470 e. The number of hydrogen-bond donors (Lipinski definition) is 2. The molecule has 130 valence electrons. The molecule has 26 heavy (non-hydrogen) atoms. The second kappa shape index (κ2) is 10.5. The van der Waals surface area contributed by atoms with Crippen LogP contribution in [0.2, 0.25) is 0 Å². The van der Waals surface area contributed by atoms with E-state index in [2.05, 4.69) is 53.5 Å². The third kappa shape index (κ3) is 6.97. The molecule has 3 aromatic rings. The summed E-state index contributed by atoms with van der Waals surface area (Å²) in [5.41, 5.74) is 6.38. The maximum absolute atomic E-state index is 11.7. The fraction of sp³-hybridized carbons (Fsp3) is 0.222. The van der Waals surface area contributed by atoms with Crippen LogP contribution in [0, 0.1) is 12.3 Å². The summed E-state index contributed by atoms with van der Waals surface area (Å²) in [6, 6.07) is 11.5. The van der Waals surface area contributed by atoms with Crippen LogP contribution in [0.1, 0.15) is 37.0 Å². The summed E-state index contributed by atoms with van der Waals surface area (Å²) in [7, 11) is 0. The van der Waals surface area contributed by atoms with Crippen molar-refractivity contribution in [2.24, 2.45) is 0 Å². The number of benzene rings is 1. The number of nitrogens with one attached hydrogen (secondary N) is 1. The fourth-order valence-corrected chi connectivity index (χ4v) is 1.72. The molecule has 2 aromatic heterocycles. The molecule has 3 N–H and O–H groups in total. The van der Waals surface area contributed by atoms with Crippen molar-refractivity contribution in [3.8, 4) is 0 Å². The van der Waals surface area contributed by atoms with Gasteiger partial charge in [0.1, 0.15) is 0 Å². The second-order valence-electron chi connectivity index (χ2n) is 6.10. The molecule has 0 saturated heterocycles. The third-order valence-corrected chi connectivity index (χ3v) is 3.05. The molecule has 0 atom stereocenters. The number of nitrogens with two attached hydrogens (primary N) is 1. The molecule has 0 aliphatic heterocycles. The molecule has 8 heteroatoms. The van der Waals surface area contributed by atoms with Crippen molar-refractivity contribution in [1.29, 1.82) is 0 Å². The van der Waals surface area contributed by atoms with Crippen molar-refractivity contribution in [2.45, 2.75) is 26.2 Å². The molecule has 0 radical (unpaired) electrons. The first-order chi connectivity index (χ1) is 11.9. The number of rotatable bonds is 2. The average molecular weight is 376 g/mol. The summed E-state index contributed by atoms with van der Waals surface area (Å²) in [5.74, 6) is 0.613. The van der Waals surface area contributed by atoms with Gasteiger partial charge in [-0.05, 0) is 11.2 Å². The topological polar surface area (TPSA) is 107 Å². The zero-order valence-corrected chi connectivity index (χ0v) is 18.4. The van der Waals surface area contributed by atoms with Crippen molar-refractivity contribution in [2.75, 3.05) is 11.1 Å². The van der Waals surface area contributed by atoms with Gasteiger partial charge in [0, 0.05) is 12.4 Å². The number of carbonyl (C=O) groups excluding carboxylic acids is 1. The molecule has 0 aliphatic rings. The number of carbonyl (C=O) groups is 1. The quantitative estimate of drug-likeness (QED) is 0.477. The first-order valence-electron chi connectivity index (χ1n) is 7.55.